The quantitative estimate of drug-likeness (QED) is 0.610. The van der Waals surface area contributed by atoms with E-state index in [1.165, 1.54) is 12.1 Å². The average Bonchev–Trinajstić information content (AvgIpc) is 3.13. The Morgan fingerprint density at radius 3 is 2.56 bits per heavy atom. The predicted octanol–water partition coefficient (Wildman–Crippen LogP) is 3.33. The number of hydrogen-bond acceptors (Lipinski definition) is 6. The highest BCUT2D eigenvalue weighted by Gasteiger charge is 2.35. The molecule has 32 heavy (non-hydrogen) atoms. The van der Waals surface area contributed by atoms with E-state index in [0.717, 1.165) is 11.6 Å². The van der Waals surface area contributed by atoms with Crippen LogP contribution in [0.3, 0.4) is 0 Å². The van der Waals surface area contributed by atoms with Crippen LogP contribution in [-0.2, 0) is 17.9 Å². The fourth-order valence-electron chi connectivity index (χ4n) is 3.95. The summed E-state index contributed by atoms with van der Waals surface area (Å²) in [7, 11) is 1.86. The van der Waals surface area contributed by atoms with Gasteiger partial charge >= 0.3 is 0 Å². The summed E-state index contributed by atoms with van der Waals surface area (Å²) in [6.45, 7) is 6.49. The standard InChI is InChI=1S/C22H25F2N7O/c1-12(2)19-21(32)28-18-13(3)27-22(29-20(18)30(19)4)25-8-15-9-26-31(11-15)10-14-5-16(23)7-17(24)6-14/h5-7,9,11-12,19H,8,10H2,1-4H3,(H,28,32)(H,25,27,29). The van der Waals surface area contributed by atoms with Crippen LogP contribution in [0.1, 0.15) is 30.7 Å². The predicted molar refractivity (Wildman–Crippen MR) is 117 cm³/mol. The first-order valence-corrected chi connectivity index (χ1v) is 10.3. The average molecular weight is 441 g/mol. The fraction of sp³-hybridized carbons (Fsp3) is 0.364. The number of halogens is 2. The molecule has 0 saturated carbocycles. The van der Waals surface area contributed by atoms with Crippen molar-refractivity contribution >= 4 is 23.4 Å². The number of benzene rings is 1. The molecule has 8 nitrogen and oxygen atoms in total. The molecule has 3 heterocycles. The molecule has 1 aromatic carbocycles. The van der Waals surface area contributed by atoms with Gasteiger partial charge in [-0.15, -0.1) is 0 Å². The van der Waals surface area contributed by atoms with Crippen LogP contribution in [0.5, 0.6) is 0 Å². The largest absolute Gasteiger partial charge is 0.350 e. The van der Waals surface area contributed by atoms with Crippen molar-refractivity contribution in [2.45, 2.75) is 39.9 Å². The number of aryl methyl sites for hydroxylation is 1. The molecule has 2 aromatic heterocycles. The maximum Gasteiger partial charge on any atom is 0.247 e. The van der Waals surface area contributed by atoms with Gasteiger partial charge in [0.05, 0.1) is 18.4 Å². The second kappa shape index (κ2) is 8.52. The Morgan fingerprint density at radius 2 is 1.88 bits per heavy atom. The van der Waals surface area contributed by atoms with Crippen molar-refractivity contribution in [2.75, 3.05) is 22.6 Å². The van der Waals surface area contributed by atoms with E-state index in [1.807, 2.05) is 32.7 Å². The molecule has 1 aliphatic heterocycles. The van der Waals surface area contributed by atoms with Crippen molar-refractivity contribution < 1.29 is 13.6 Å². The first kappa shape index (κ1) is 21.7. The van der Waals surface area contributed by atoms with Crippen LogP contribution in [0, 0.1) is 24.5 Å². The van der Waals surface area contributed by atoms with E-state index in [2.05, 4.69) is 25.7 Å². The zero-order chi connectivity index (χ0) is 23.0. The van der Waals surface area contributed by atoms with Gasteiger partial charge in [-0.05, 0) is 30.5 Å². The Hall–Kier alpha value is -3.56. The summed E-state index contributed by atoms with van der Waals surface area (Å²) in [5.41, 5.74) is 2.64. The van der Waals surface area contributed by atoms with Gasteiger partial charge in [-0.2, -0.15) is 10.1 Å². The van der Waals surface area contributed by atoms with Gasteiger partial charge < -0.3 is 15.5 Å². The third kappa shape index (κ3) is 4.39. The van der Waals surface area contributed by atoms with Crippen molar-refractivity contribution in [3.8, 4) is 0 Å². The minimum Gasteiger partial charge on any atom is -0.350 e. The number of nitrogens with zero attached hydrogens (tertiary/aromatic N) is 5. The molecule has 1 aliphatic rings. The lowest BCUT2D eigenvalue weighted by Crippen LogP contribution is -2.49. The summed E-state index contributed by atoms with van der Waals surface area (Å²) in [4.78, 5) is 23.4. The molecule has 1 amide bonds. The van der Waals surface area contributed by atoms with Gasteiger partial charge in [-0.3, -0.25) is 9.48 Å². The number of likely N-dealkylation sites (N-methyl/N-ethyl adjacent to an activating group) is 1. The minimum atomic E-state index is -0.616. The van der Waals surface area contributed by atoms with Crippen LogP contribution in [0.15, 0.2) is 30.6 Å². The van der Waals surface area contributed by atoms with Crippen molar-refractivity contribution in [1.82, 2.24) is 19.7 Å². The molecule has 1 unspecified atom stereocenters. The van der Waals surface area contributed by atoms with Gasteiger partial charge in [0.25, 0.3) is 0 Å². The van der Waals surface area contributed by atoms with Gasteiger partial charge in [0, 0.05) is 31.4 Å². The monoisotopic (exact) mass is 441 g/mol. The Bertz CT molecular complexity index is 1140. The fourth-order valence-corrected chi connectivity index (χ4v) is 3.95. The zero-order valence-corrected chi connectivity index (χ0v) is 18.4. The number of carbonyl (C=O) groups is 1. The summed E-state index contributed by atoms with van der Waals surface area (Å²) in [6.07, 6.45) is 3.47. The molecule has 0 saturated heterocycles. The molecule has 0 bridgehead atoms. The van der Waals surface area contributed by atoms with Crippen LogP contribution in [-0.4, -0.2) is 38.7 Å². The van der Waals surface area contributed by atoms with Crippen molar-refractivity contribution in [2.24, 2.45) is 5.92 Å². The zero-order valence-electron chi connectivity index (χ0n) is 18.4. The second-order valence-corrected chi connectivity index (χ2v) is 8.30. The third-order valence-electron chi connectivity index (χ3n) is 5.37. The molecule has 4 rings (SSSR count). The highest BCUT2D eigenvalue weighted by atomic mass is 19.1. The number of carbonyl (C=O) groups excluding carboxylic acids is 1. The SMILES string of the molecule is Cc1nc(NCc2cnn(Cc3cc(F)cc(F)c3)c2)nc2c1NC(=O)C(C(C)C)N2C. The van der Waals surface area contributed by atoms with Crippen LogP contribution >= 0.6 is 0 Å². The molecule has 10 heteroatoms. The van der Waals surface area contributed by atoms with E-state index in [1.54, 1.807) is 17.1 Å². The van der Waals surface area contributed by atoms with Gasteiger partial charge in [-0.1, -0.05) is 13.8 Å². The van der Waals surface area contributed by atoms with Gasteiger partial charge in [0.15, 0.2) is 5.82 Å². The van der Waals surface area contributed by atoms with E-state index < -0.39 is 11.6 Å². The number of nitrogens with one attached hydrogen (secondary N) is 2. The van der Waals surface area contributed by atoms with Crippen LogP contribution in [0.2, 0.25) is 0 Å². The smallest absolute Gasteiger partial charge is 0.247 e. The molecule has 0 radical (unpaired) electrons. The Balaban J connectivity index is 1.47. The van der Waals surface area contributed by atoms with Gasteiger partial charge in [-0.25, -0.2) is 13.8 Å². The second-order valence-electron chi connectivity index (χ2n) is 8.30. The highest BCUT2D eigenvalue weighted by molar-refractivity contribution is 6.03. The minimum absolute atomic E-state index is 0.0620. The van der Waals surface area contributed by atoms with E-state index in [0.29, 0.717) is 35.3 Å². The van der Waals surface area contributed by atoms with E-state index in [4.69, 9.17) is 0 Å². The summed E-state index contributed by atoms with van der Waals surface area (Å²) in [6, 6.07) is 3.10. The van der Waals surface area contributed by atoms with Crippen molar-refractivity contribution in [3.05, 3.63) is 59.0 Å². The lowest BCUT2D eigenvalue weighted by molar-refractivity contribution is -0.118. The molecule has 168 valence electrons. The molecule has 0 fully saturated rings. The van der Waals surface area contributed by atoms with Crippen LogP contribution in [0.4, 0.5) is 26.2 Å². The molecular formula is C22H25F2N7O. The lowest BCUT2D eigenvalue weighted by Gasteiger charge is -2.36. The van der Waals surface area contributed by atoms with Crippen molar-refractivity contribution in [1.29, 1.82) is 0 Å². The van der Waals surface area contributed by atoms with Gasteiger partial charge in [0.2, 0.25) is 11.9 Å². The molecule has 0 aliphatic carbocycles. The molecule has 3 aromatic rings. The van der Waals surface area contributed by atoms with E-state index >= 15 is 0 Å². The van der Waals surface area contributed by atoms with Crippen LogP contribution in [0.25, 0.3) is 0 Å². The number of rotatable bonds is 6. The molecular weight excluding hydrogens is 416 g/mol. The molecule has 2 N–H and O–H groups in total. The number of amides is 1. The number of hydrogen-bond donors (Lipinski definition) is 2. The summed E-state index contributed by atoms with van der Waals surface area (Å²) < 4.78 is 28.4. The third-order valence-corrected chi connectivity index (χ3v) is 5.37. The molecule has 0 spiro atoms. The lowest BCUT2D eigenvalue weighted by atomic mass is 9.99. The number of aromatic nitrogens is 4. The topological polar surface area (TPSA) is 88.0 Å². The summed E-state index contributed by atoms with van der Waals surface area (Å²) in [5.74, 6) is -0.0660. The van der Waals surface area contributed by atoms with E-state index in [-0.39, 0.29) is 24.4 Å². The Morgan fingerprint density at radius 1 is 1.16 bits per heavy atom. The number of fused-ring (bicyclic) bond motifs is 1. The Kier molecular flexibility index (Phi) is 5.77. The first-order chi connectivity index (χ1) is 15.2. The maximum atomic E-state index is 13.4. The maximum absolute atomic E-state index is 13.4. The van der Waals surface area contributed by atoms with E-state index in [9.17, 15) is 13.6 Å². The van der Waals surface area contributed by atoms with Crippen molar-refractivity contribution in [3.63, 3.8) is 0 Å². The summed E-state index contributed by atoms with van der Waals surface area (Å²) >= 11 is 0. The number of anilines is 3. The van der Waals surface area contributed by atoms with Gasteiger partial charge in [0.1, 0.15) is 23.4 Å². The summed E-state index contributed by atoms with van der Waals surface area (Å²) in [5, 5.41) is 10.4. The normalized spacial score (nSPS) is 15.7. The Labute approximate surface area is 184 Å². The first-order valence-electron chi connectivity index (χ1n) is 10.3. The molecule has 1 atom stereocenters. The van der Waals surface area contributed by atoms with Crippen LogP contribution < -0.4 is 15.5 Å². The highest BCUT2D eigenvalue weighted by Crippen LogP contribution is 2.34.